The molecular formula is C14H20O3. The molecule has 2 rings (SSSR count). The highest BCUT2D eigenvalue weighted by molar-refractivity contribution is 5.18. The first kappa shape index (κ1) is 12.6. The van der Waals surface area contributed by atoms with E-state index in [0.717, 1.165) is 19.4 Å². The van der Waals surface area contributed by atoms with E-state index >= 15 is 0 Å². The van der Waals surface area contributed by atoms with Crippen LogP contribution in [0.5, 0.6) is 0 Å². The van der Waals surface area contributed by atoms with Crippen LogP contribution in [0.1, 0.15) is 24.5 Å². The van der Waals surface area contributed by atoms with Gasteiger partial charge in [0.2, 0.25) is 0 Å². The summed E-state index contributed by atoms with van der Waals surface area (Å²) in [7, 11) is 3.39. The molecule has 0 saturated carbocycles. The van der Waals surface area contributed by atoms with Crippen LogP contribution in [0.15, 0.2) is 30.3 Å². The van der Waals surface area contributed by atoms with Crippen molar-refractivity contribution in [2.45, 2.75) is 25.2 Å². The van der Waals surface area contributed by atoms with Crippen molar-refractivity contribution in [3.8, 4) is 0 Å². The van der Waals surface area contributed by atoms with Gasteiger partial charge in [-0.15, -0.1) is 0 Å². The summed E-state index contributed by atoms with van der Waals surface area (Å²) in [5.74, 6) is 0.406. The number of hydrogen-bond acceptors (Lipinski definition) is 3. The summed E-state index contributed by atoms with van der Waals surface area (Å²) in [6.45, 7) is 0.771. The Morgan fingerprint density at radius 2 is 1.88 bits per heavy atom. The van der Waals surface area contributed by atoms with Crippen molar-refractivity contribution in [1.29, 1.82) is 0 Å². The topological polar surface area (TPSA) is 27.7 Å². The standard InChI is InChI=1S/C14H20O3/c1-15-14(16-2)12-8-9-17-13(10-12)11-6-4-3-5-7-11/h3-7,12-14H,8-10H2,1-2H3/t12-,13+/m1/s1. The van der Waals surface area contributed by atoms with Gasteiger partial charge in [0, 0.05) is 26.7 Å². The van der Waals surface area contributed by atoms with E-state index in [1.54, 1.807) is 14.2 Å². The fraction of sp³-hybridized carbons (Fsp3) is 0.571. The lowest BCUT2D eigenvalue weighted by atomic mass is 9.91. The highest BCUT2D eigenvalue weighted by Crippen LogP contribution is 2.34. The molecule has 0 N–H and O–H groups in total. The van der Waals surface area contributed by atoms with E-state index in [1.807, 2.05) is 18.2 Å². The fourth-order valence-electron chi connectivity index (χ4n) is 2.45. The molecular weight excluding hydrogens is 216 g/mol. The number of ether oxygens (including phenoxy) is 3. The molecule has 2 atom stereocenters. The van der Waals surface area contributed by atoms with Crippen LogP contribution in [0, 0.1) is 5.92 Å². The molecule has 0 bridgehead atoms. The maximum Gasteiger partial charge on any atom is 0.159 e. The van der Waals surface area contributed by atoms with E-state index in [0.29, 0.717) is 5.92 Å². The minimum atomic E-state index is -0.120. The average Bonchev–Trinajstić information content (AvgIpc) is 2.42. The zero-order valence-corrected chi connectivity index (χ0v) is 10.5. The molecule has 1 aromatic carbocycles. The van der Waals surface area contributed by atoms with Crippen molar-refractivity contribution >= 4 is 0 Å². The number of methoxy groups -OCH3 is 2. The second kappa shape index (κ2) is 6.15. The van der Waals surface area contributed by atoms with Gasteiger partial charge in [-0.3, -0.25) is 0 Å². The fourth-order valence-corrected chi connectivity index (χ4v) is 2.45. The highest BCUT2D eigenvalue weighted by Gasteiger charge is 2.29. The molecule has 1 heterocycles. The van der Waals surface area contributed by atoms with Gasteiger partial charge in [0.1, 0.15) is 0 Å². The molecule has 0 aliphatic carbocycles. The molecule has 0 amide bonds. The Hall–Kier alpha value is -0.900. The molecule has 0 spiro atoms. The van der Waals surface area contributed by atoms with Gasteiger partial charge in [0.05, 0.1) is 6.10 Å². The van der Waals surface area contributed by atoms with E-state index in [-0.39, 0.29) is 12.4 Å². The van der Waals surface area contributed by atoms with Crippen LogP contribution in [0.4, 0.5) is 0 Å². The SMILES string of the molecule is COC(OC)[C@@H]1CCO[C@H](c2ccccc2)C1. The van der Waals surface area contributed by atoms with Crippen molar-refractivity contribution in [3.63, 3.8) is 0 Å². The van der Waals surface area contributed by atoms with Crippen molar-refractivity contribution in [3.05, 3.63) is 35.9 Å². The lowest BCUT2D eigenvalue weighted by Gasteiger charge is -2.33. The zero-order valence-electron chi connectivity index (χ0n) is 10.5. The van der Waals surface area contributed by atoms with Gasteiger partial charge in [-0.05, 0) is 18.4 Å². The van der Waals surface area contributed by atoms with E-state index < -0.39 is 0 Å². The summed E-state index contributed by atoms with van der Waals surface area (Å²) in [6, 6.07) is 10.3. The Bertz CT molecular complexity index is 321. The zero-order chi connectivity index (χ0) is 12.1. The maximum absolute atomic E-state index is 5.82. The molecule has 1 fully saturated rings. The predicted octanol–water partition coefficient (Wildman–Crippen LogP) is 2.77. The lowest BCUT2D eigenvalue weighted by molar-refractivity contribution is -0.165. The molecule has 0 aromatic heterocycles. The third-order valence-electron chi connectivity index (χ3n) is 3.35. The van der Waals surface area contributed by atoms with Gasteiger partial charge < -0.3 is 14.2 Å². The largest absolute Gasteiger partial charge is 0.374 e. The average molecular weight is 236 g/mol. The quantitative estimate of drug-likeness (QED) is 0.752. The van der Waals surface area contributed by atoms with E-state index in [1.165, 1.54) is 5.56 Å². The van der Waals surface area contributed by atoms with E-state index in [2.05, 4.69) is 12.1 Å². The van der Waals surface area contributed by atoms with Crippen LogP contribution in [0.25, 0.3) is 0 Å². The molecule has 1 saturated heterocycles. The van der Waals surface area contributed by atoms with Gasteiger partial charge in [-0.2, -0.15) is 0 Å². The first-order valence-electron chi connectivity index (χ1n) is 6.07. The number of rotatable bonds is 4. The Morgan fingerprint density at radius 3 is 2.53 bits per heavy atom. The summed E-state index contributed by atoms with van der Waals surface area (Å²) in [4.78, 5) is 0. The second-order valence-corrected chi connectivity index (χ2v) is 4.39. The molecule has 1 aliphatic rings. The summed E-state index contributed by atoms with van der Waals surface area (Å²) >= 11 is 0. The number of benzene rings is 1. The molecule has 3 nitrogen and oxygen atoms in total. The van der Waals surface area contributed by atoms with Crippen LogP contribution < -0.4 is 0 Å². The smallest absolute Gasteiger partial charge is 0.159 e. The van der Waals surface area contributed by atoms with Gasteiger partial charge in [-0.1, -0.05) is 30.3 Å². The van der Waals surface area contributed by atoms with Crippen LogP contribution in [0.2, 0.25) is 0 Å². The minimum absolute atomic E-state index is 0.120. The van der Waals surface area contributed by atoms with Gasteiger partial charge in [0.15, 0.2) is 6.29 Å². The monoisotopic (exact) mass is 236 g/mol. The highest BCUT2D eigenvalue weighted by atomic mass is 16.7. The Labute approximate surface area is 103 Å². The molecule has 3 heteroatoms. The molecule has 0 radical (unpaired) electrons. The maximum atomic E-state index is 5.82. The summed E-state index contributed by atoms with van der Waals surface area (Å²) in [6.07, 6.45) is 2.00. The Balaban J connectivity index is 2.02. The predicted molar refractivity (Wildman–Crippen MR) is 65.7 cm³/mol. The second-order valence-electron chi connectivity index (χ2n) is 4.39. The van der Waals surface area contributed by atoms with Crippen molar-refractivity contribution in [2.24, 2.45) is 5.92 Å². The summed E-state index contributed by atoms with van der Waals surface area (Å²) in [5.41, 5.74) is 1.24. The van der Waals surface area contributed by atoms with Gasteiger partial charge in [-0.25, -0.2) is 0 Å². The summed E-state index contributed by atoms with van der Waals surface area (Å²) in [5, 5.41) is 0. The molecule has 1 aromatic rings. The molecule has 17 heavy (non-hydrogen) atoms. The van der Waals surface area contributed by atoms with Crippen LogP contribution >= 0.6 is 0 Å². The third-order valence-corrected chi connectivity index (χ3v) is 3.35. The van der Waals surface area contributed by atoms with Gasteiger partial charge in [0.25, 0.3) is 0 Å². The number of hydrogen-bond donors (Lipinski definition) is 0. The third kappa shape index (κ3) is 3.06. The molecule has 1 aliphatic heterocycles. The van der Waals surface area contributed by atoms with E-state index in [9.17, 15) is 0 Å². The first-order chi connectivity index (χ1) is 8.35. The lowest BCUT2D eigenvalue weighted by Crippen LogP contribution is -2.31. The normalized spacial score (nSPS) is 25.1. The van der Waals surface area contributed by atoms with Gasteiger partial charge >= 0.3 is 0 Å². The summed E-state index contributed by atoms with van der Waals surface area (Å²) < 4.78 is 16.5. The van der Waals surface area contributed by atoms with Crippen LogP contribution in [-0.2, 0) is 14.2 Å². The van der Waals surface area contributed by atoms with Crippen molar-refractivity contribution in [2.75, 3.05) is 20.8 Å². The Morgan fingerprint density at radius 1 is 1.18 bits per heavy atom. The van der Waals surface area contributed by atoms with E-state index in [4.69, 9.17) is 14.2 Å². The minimum Gasteiger partial charge on any atom is -0.374 e. The molecule has 0 unspecified atom stereocenters. The Kier molecular flexibility index (Phi) is 4.54. The van der Waals surface area contributed by atoms with Crippen molar-refractivity contribution in [1.82, 2.24) is 0 Å². The van der Waals surface area contributed by atoms with Crippen LogP contribution in [-0.4, -0.2) is 27.1 Å². The van der Waals surface area contributed by atoms with Crippen LogP contribution in [0.3, 0.4) is 0 Å². The first-order valence-corrected chi connectivity index (χ1v) is 6.07. The molecule has 94 valence electrons. The van der Waals surface area contributed by atoms with Crippen molar-refractivity contribution < 1.29 is 14.2 Å².